The van der Waals surface area contributed by atoms with Gasteiger partial charge in [-0.3, -0.25) is 4.57 Å². The summed E-state index contributed by atoms with van der Waals surface area (Å²) in [5, 5.41) is 8.71. The van der Waals surface area contributed by atoms with E-state index in [9.17, 15) is 9.46 Å². The lowest BCUT2D eigenvalue weighted by Crippen LogP contribution is -2.31. The van der Waals surface area contributed by atoms with Crippen molar-refractivity contribution in [2.45, 2.75) is 39.3 Å². The summed E-state index contributed by atoms with van der Waals surface area (Å²) in [4.78, 5) is 9.25. The van der Waals surface area contributed by atoms with Gasteiger partial charge in [0.05, 0.1) is 25.4 Å². The molecule has 0 radical (unpaired) electrons. The lowest BCUT2D eigenvalue weighted by atomic mass is 10.4. The van der Waals surface area contributed by atoms with Gasteiger partial charge in [-0.25, -0.2) is 0 Å². The van der Waals surface area contributed by atoms with Crippen molar-refractivity contribution in [1.29, 1.82) is 0 Å². The molecule has 0 aliphatic rings. The summed E-state index contributed by atoms with van der Waals surface area (Å²) >= 11 is 0. The third-order valence-electron chi connectivity index (χ3n) is 2.03. The summed E-state index contributed by atoms with van der Waals surface area (Å²) < 4.78 is 32.3. The van der Waals surface area contributed by atoms with Gasteiger partial charge in [0.15, 0.2) is 6.29 Å². The van der Waals surface area contributed by atoms with Crippen LogP contribution in [0.2, 0.25) is 0 Å². The fraction of sp³-hybridized carbons (Fsp3) is 1.00. The zero-order chi connectivity index (χ0) is 14.9. The molecule has 0 saturated carbocycles. The van der Waals surface area contributed by atoms with Crippen molar-refractivity contribution < 1.29 is 33.5 Å². The van der Waals surface area contributed by atoms with Crippen LogP contribution >= 0.6 is 7.37 Å². The summed E-state index contributed by atoms with van der Waals surface area (Å²) in [6.07, 6.45) is -2.32. The van der Waals surface area contributed by atoms with Crippen LogP contribution in [0.3, 0.4) is 0 Å². The normalized spacial score (nSPS) is 18.3. The van der Waals surface area contributed by atoms with E-state index >= 15 is 0 Å². The van der Waals surface area contributed by atoms with Crippen LogP contribution in [0.4, 0.5) is 0 Å². The molecule has 0 aliphatic heterocycles. The first-order valence-corrected chi connectivity index (χ1v) is 8.13. The van der Waals surface area contributed by atoms with Gasteiger partial charge in [0.1, 0.15) is 12.7 Å². The molecule has 0 saturated heterocycles. The Labute approximate surface area is 114 Å². The molecule has 0 fully saturated rings. The molecule has 8 heteroatoms. The van der Waals surface area contributed by atoms with E-state index in [4.69, 9.17) is 24.1 Å². The van der Waals surface area contributed by atoms with Crippen molar-refractivity contribution in [2.24, 2.45) is 0 Å². The minimum atomic E-state index is -3.67. The summed E-state index contributed by atoms with van der Waals surface area (Å²) in [5.41, 5.74) is 0. The van der Waals surface area contributed by atoms with Crippen molar-refractivity contribution >= 4 is 7.37 Å². The Morgan fingerprint density at radius 1 is 1.16 bits per heavy atom. The Bertz CT molecular complexity index is 272. The smallest absolute Gasteiger partial charge is 0.250 e. The maximum atomic E-state index is 11.3. The Morgan fingerprint density at radius 2 is 1.79 bits per heavy atom. The third-order valence-corrected chi connectivity index (χ3v) is 3.03. The lowest BCUT2D eigenvalue weighted by Gasteiger charge is -2.24. The van der Waals surface area contributed by atoms with E-state index in [1.165, 1.54) is 0 Å². The van der Waals surface area contributed by atoms with Gasteiger partial charge in [0, 0.05) is 7.11 Å². The van der Waals surface area contributed by atoms with Crippen LogP contribution in [0.5, 0.6) is 0 Å². The molecule has 0 heterocycles. The van der Waals surface area contributed by atoms with Crippen LogP contribution in [0, 0.1) is 0 Å². The molecular weight excluding hydrogens is 275 g/mol. The van der Waals surface area contributed by atoms with Gasteiger partial charge in [-0.2, -0.15) is 0 Å². The van der Waals surface area contributed by atoms with Crippen molar-refractivity contribution in [1.82, 2.24) is 0 Å². The Morgan fingerprint density at radius 3 is 2.26 bits per heavy atom. The summed E-state index contributed by atoms with van der Waals surface area (Å²) in [6, 6.07) is 0. The van der Waals surface area contributed by atoms with Crippen LogP contribution in [0.15, 0.2) is 0 Å². The Hall–Kier alpha value is -0.0100. The minimum Gasteiger partial charge on any atom is -0.386 e. The van der Waals surface area contributed by atoms with Gasteiger partial charge in [-0.15, -0.1) is 0 Å². The zero-order valence-electron chi connectivity index (χ0n) is 11.9. The molecule has 7 nitrogen and oxygen atoms in total. The molecule has 0 amide bonds. The molecule has 0 aromatic rings. The molecule has 116 valence electrons. The molecule has 0 aromatic heterocycles. The number of aliphatic hydroxyl groups is 1. The second kappa shape index (κ2) is 9.83. The van der Waals surface area contributed by atoms with E-state index < -0.39 is 26.4 Å². The van der Waals surface area contributed by atoms with Crippen LogP contribution in [0.25, 0.3) is 0 Å². The number of ether oxygens (including phenoxy) is 4. The molecule has 0 aliphatic carbocycles. The molecule has 19 heavy (non-hydrogen) atoms. The highest BCUT2D eigenvalue weighted by molar-refractivity contribution is 7.57. The zero-order valence-corrected chi connectivity index (χ0v) is 12.8. The second-order valence-electron chi connectivity index (χ2n) is 4.50. The van der Waals surface area contributed by atoms with Crippen molar-refractivity contribution in [3.63, 3.8) is 0 Å². The quantitative estimate of drug-likeness (QED) is 0.434. The van der Waals surface area contributed by atoms with E-state index in [1.807, 2.05) is 13.8 Å². The SMILES string of the molecule is COC[C@H](C)O[C@@H](COC(C)C)OCP(=O)(O)CO. The molecular formula is C11H25O7P. The van der Waals surface area contributed by atoms with Crippen LogP contribution in [-0.2, 0) is 23.5 Å². The summed E-state index contributed by atoms with van der Waals surface area (Å²) in [7, 11) is -2.12. The van der Waals surface area contributed by atoms with E-state index in [2.05, 4.69) is 0 Å². The summed E-state index contributed by atoms with van der Waals surface area (Å²) in [6.45, 7) is 6.02. The summed E-state index contributed by atoms with van der Waals surface area (Å²) in [5.74, 6) is 0. The van der Waals surface area contributed by atoms with Gasteiger partial charge in [0.25, 0.3) is 0 Å². The minimum absolute atomic E-state index is 0.00814. The van der Waals surface area contributed by atoms with Gasteiger partial charge < -0.3 is 28.9 Å². The maximum Gasteiger partial charge on any atom is 0.250 e. The van der Waals surface area contributed by atoms with Gasteiger partial charge >= 0.3 is 0 Å². The first kappa shape index (κ1) is 19.0. The highest BCUT2D eigenvalue weighted by Crippen LogP contribution is 2.39. The van der Waals surface area contributed by atoms with E-state index in [-0.39, 0.29) is 18.8 Å². The molecule has 3 atom stereocenters. The standard InChI is InChI=1S/C11H25O7P/c1-9(2)16-6-11(18-10(3)5-15-4)17-8-19(13,14)7-12/h9-12H,5-8H2,1-4H3,(H,13,14)/t10-,11-/m0/s1. The van der Waals surface area contributed by atoms with E-state index in [0.717, 1.165) is 0 Å². The van der Waals surface area contributed by atoms with Crippen LogP contribution in [0.1, 0.15) is 20.8 Å². The molecule has 0 rings (SSSR count). The highest BCUT2D eigenvalue weighted by Gasteiger charge is 2.22. The monoisotopic (exact) mass is 300 g/mol. The number of rotatable bonds is 11. The molecule has 1 unspecified atom stereocenters. The van der Waals surface area contributed by atoms with E-state index in [1.54, 1.807) is 14.0 Å². The van der Waals surface area contributed by atoms with Gasteiger partial charge in [-0.05, 0) is 20.8 Å². The second-order valence-corrected chi connectivity index (χ2v) is 6.73. The maximum absolute atomic E-state index is 11.3. The third kappa shape index (κ3) is 10.4. The van der Waals surface area contributed by atoms with E-state index in [0.29, 0.717) is 6.61 Å². The fourth-order valence-corrected chi connectivity index (χ4v) is 1.65. The Balaban J connectivity index is 4.28. The van der Waals surface area contributed by atoms with Crippen LogP contribution < -0.4 is 0 Å². The average Bonchev–Trinajstić information content (AvgIpc) is 2.33. The number of hydrogen-bond acceptors (Lipinski definition) is 6. The molecule has 0 spiro atoms. The Kier molecular flexibility index (Phi) is 9.82. The number of methoxy groups -OCH3 is 1. The van der Waals surface area contributed by atoms with Crippen molar-refractivity contribution in [2.75, 3.05) is 33.0 Å². The predicted octanol–water partition coefficient (Wildman–Crippen LogP) is 0.983. The van der Waals surface area contributed by atoms with Crippen LogP contribution in [-0.4, -0.2) is 61.5 Å². The largest absolute Gasteiger partial charge is 0.386 e. The first-order chi connectivity index (χ1) is 8.80. The highest BCUT2D eigenvalue weighted by atomic mass is 31.2. The van der Waals surface area contributed by atoms with Crippen molar-refractivity contribution in [3.05, 3.63) is 0 Å². The predicted molar refractivity (Wildman–Crippen MR) is 70.2 cm³/mol. The lowest BCUT2D eigenvalue weighted by molar-refractivity contribution is -0.197. The molecule has 2 N–H and O–H groups in total. The topological polar surface area (TPSA) is 94.5 Å². The number of hydrogen-bond donors (Lipinski definition) is 2. The van der Waals surface area contributed by atoms with Crippen molar-refractivity contribution in [3.8, 4) is 0 Å². The average molecular weight is 300 g/mol. The molecule has 0 bridgehead atoms. The van der Waals surface area contributed by atoms with Gasteiger partial charge in [-0.1, -0.05) is 0 Å². The first-order valence-electron chi connectivity index (χ1n) is 6.10. The fourth-order valence-electron chi connectivity index (χ4n) is 1.17. The van der Waals surface area contributed by atoms with Gasteiger partial charge in [0.2, 0.25) is 7.37 Å². The molecule has 0 aromatic carbocycles. The number of aliphatic hydroxyl groups excluding tert-OH is 1.